The average Bonchev–Trinajstić information content (AvgIpc) is 2.83. The van der Waals surface area contributed by atoms with E-state index >= 15 is 0 Å². The number of nitrogens with one attached hydrogen (secondary N) is 1. The molecule has 0 atom stereocenters. The van der Waals surface area contributed by atoms with E-state index in [0.717, 1.165) is 11.8 Å². The summed E-state index contributed by atoms with van der Waals surface area (Å²) in [6.45, 7) is 1.68. The molecule has 1 amide bonds. The lowest BCUT2D eigenvalue weighted by Crippen LogP contribution is -2.18. The molecule has 1 heterocycles. The molecular formula is C12H16N6O4S2. The predicted octanol–water partition coefficient (Wildman–Crippen LogP) is -0.313. The Hall–Kier alpha value is -2.31. The van der Waals surface area contributed by atoms with Crippen LogP contribution in [0.25, 0.3) is 0 Å². The first-order valence-corrected chi connectivity index (χ1v) is 9.06. The zero-order chi connectivity index (χ0) is 17.9. The number of thioether (sulfide) groups is 1. The molecule has 0 spiro atoms. The fourth-order valence-electron chi connectivity index (χ4n) is 1.75. The Morgan fingerprint density at radius 2 is 2.12 bits per heavy atom. The van der Waals surface area contributed by atoms with Gasteiger partial charge in [-0.2, -0.15) is 0 Å². The smallest absolute Gasteiger partial charge is 0.241 e. The maximum atomic E-state index is 12.0. The summed E-state index contributed by atoms with van der Waals surface area (Å²) in [5.74, 6) is 5.95. The van der Waals surface area contributed by atoms with E-state index in [0.29, 0.717) is 11.0 Å². The number of amides is 1. The van der Waals surface area contributed by atoms with E-state index < -0.39 is 10.0 Å². The number of nitrogen functional groups attached to an aromatic ring is 1. The summed E-state index contributed by atoms with van der Waals surface area (Å²) in [4.78, 5) is 11.8. The zero-order valence-corrected chi connectivity index (χ0v) is 14.5. The maximum absolute atomic E-state index is 12.0. The number of aryl methyl sites for hydroxylation is 1. The van der Waals surface area contributed by atoms with E-state index in [9.17, 15) is 13.2 Å². The minimum Gasteiger partial charge on any atom is -0.495 e. The SMILES string of the molecule is COc1ccc(NC(=O)CSc2nnc(C)n2N)cc1S(N)(=O)=O. The number of primary sulfonamides is 1. The fraction of sp³-hybridized carbons (Fsp3) is 0.250. The molecule has 0 bridgehead atoms. The Labute approximate surface area is 142 Å². The van der Waals surface area contributed by atoms with Gasteiger partial charge >= 0.3 is 0 Å². The molecule has 2 aromatic rings. The number of aromatic nitrogens is 3. The number of hydrogen-bond acceptors (Lipinski definition) is 8. The van der Waals surface area contributed by atoms with Crippen LogP contribution in [0.4, 0.5) is 5.69 Å². The summed E-state index contributed by atoms with van der Waals surface area (Å²) in [7, 11) is -2.66. The first kappa shape index (κ1) is 18.0. The van der Waals surface area contributed by atoms with Crippen molar-refractivity contribution in [1.29, 1.82) is 0 Å². The number of carbonyl (C=O) groups is 1. The lowest BCUT2D eigenvalue weighted by atomic mass is 10.3. The maximum Gasteiger partial charge on any atom is 0.241 e. The van der Waals surface area contributed by atoms with E-state index in [1.807, 2.05) is 0 Å². The molecule has 1 aromatic carbocycles. The van der Waals surface area contributed by atoms with Gasteiger partial charge in [0.1, 0.15) is 16.5 Å². The lowest BCUT2D eigenvalue weighted by Gasteiger charge is -2.10. The third kappa shape index (κ3) is 4.15. The second-order valence-electron chi connectivity index (χ2n) is 4.65. The highest BCUT2D eigenvalue weighted by Gasteiger charge is 2.17. The number of benzene rings is 1. The standard InChI is InChI=1S/C12H16N6O4S2/c1-7-16-17-12(18(7)13)23-6-11(19)15-8-3-4-9(22-2)10(5-8)24(14,20)21/h3-5H,6,13H2,1-2H3,(H,15,19)(H2,14,20,21). The van der Waals surface area contributed by atoms with Crippen LogP contribution in [0.2, 0.25) is 0 Å². The van der Waals surface area contributed by atoms with Crippen molar-refractivity contribution in [3.05, 3.63) is 24.0 Å². The molecule has 0 radical (unpaired) electrons. The molecule has 10 nitrogen and oxygen atoms in total. The highest BCUT2D eigenvalue weighted by atomic mass is 32.2. The predicted molar refractivity (Wildman–Crippen MR) is 88.6 cm³/mol. The Kier molecular flexibility index (Phi) is 5.31. The third-order valence-electron chi connectivity index (χ3n) is 2.92. The number of rotatable bonds is 6. The molecule has 24 heavy (non-hydrogen) atoms. The summed E-state index contributed by atoms with van der Waals surface area (Å²) in [5, 5.41) is 15.7. The second-order valence-corrected chi connectivity index (χ2v) is 7.12. The minimum atomic E-state index is -3.98. The van der Waals surface area contributed by atoms with Crippen LogP contribution in [0.1, 0.15) is 5.82 Å². The number of ether oxygens (including phenoxy) is 1. The highest BCUT2D eigenvalue weighted by molar-refractivity contribution is 7.99. The molecule has 0 fully saturated rings. The Morgan fingerprint density at radius 3 is 2.67 bits per heavy atom. The fourth-order valence-corrected chi connectivity index (χ4v) is 3.18. The van der Waals surface area contributed by atoms with Crippen molar-refractivity contribution < 1.29 is 17.9 Å². The third-order valence-corrected chi connectivity index (χ3v) is 4.80. The van der Waals surface area contributed by atoms with Crippen molar-refractivity contribution in [2.24, 2.45) is 5.14 Å². The number of hydrogen-bond donors (Lipinski definition) is 3. The molecule has 0 saturated heterocycles. The van der Waals surface area contributed by atoms with E-state index in [1.165, 1.54) is 30.0 Å². The van der Waals surface area contributed by atoms with Gasteiger partial charge in [-0.1, -0.05) is 11.8 Å². The van der Waals surface area contributed by atoms with Gasteiger partial charge in [0.25, 0.3) is 0 Å². The Bertz CT molecular complexity index is 864. The molecule has 5 N–H and O–H groups in total. The monoisotopic (exact) mass is 372 g/mol. The van der Waals surface area contributed by atoms with Crippen LogP contribution < -0.4 is 21.0 Å². The van der Waals surface area contributed by atoms with Gasteiger partial charge in [0, 0.05) is 5.69 Å². The minimum absolute atomic E-state index is 0.0199. The van der Waals surface area contributed by atoms with Crippen molar-refractivity contribution in [2.45, 2.75) is 17.0 Å². The van der Waals surface area contributed by atoms with Gasteiger partial charge in [0.2, 0.25) is 21.1 Å². The van der Waals surface area contributed by atoms with Gasteiger partial charge in [-0.25, -0.2) is 18.2 Å². The second kappa shape index (κ2) is 7.07. The highest BCUT2D eigenvalue weighted by Crippen LogP contribution is 2.26. The normalized spacial score (nSPS) is 11.3. The molecule has 0 saturated carbocycles. The summed E-state index contributed by atoms with van der Waals surface area (Å²) in [6, 6.07) is 4.14. The summed E-state index contributed by atoms with van der Waals surface area (Å²) in [6.07, 6.45) is 0. The van der Waals surface area contributed by atoms with Crippen LogP contribution in [0.15, 0.2) is 28.3 Å². The van der Waals surface area contributed by atoms with Crippen LogP contribution in [0.5, 0.6) is 5.75 Å². The molecule has 1 aromatic heterocycles. The van der Waals surface area contributed by atoms with E-state index in [-0.39, 0.29) is 28.0 Å². The number of nitrogens with zero attached hydrogens (tertiary/aromatic N) is 3. The number of anilines is 1. The van der Waals surface area contributed by atoms with Gasteiger partial charge in [0.15, 0.2) is 0 Å². The molecule has 12 heteroatoms. The molecule has 2 rings (SSSR count). The van der Waals surface area contributed by atoms with Crippen molar-refractivity contribution in [3.8, 4) is 5.75 Å². The van der Waals surface area contributed by atoms with Gasteiger partial charge in [-0.05, 0) is 25.1 Å². The summed E-state index contributed by atoms with van der Waals surface area (Å²) >= 11 is 1.10. The first-order valence-electron chi connectivity index (χ1n) is 6.53. The number of nitrogens with two attached hydrogens (primary N) is 2. The zero-order valence-electron chi connectivity index (χ0n) is 12.9. The first-order chi connectivity index (χ1) is 11.2. The van der Waals surface area contributed by atoms with E-state index in [4.69, 9.17) is 15.7 Å². The number of methoxy groups -OCH3 is 1. The van der Waals surface area contributed by atoms with Gasteiger partial charge in [-0.3, -0.25) is 4.79 Å². The van der Waals surface area contributed by atoms with Gasteiger partial charge in [-0.15, -0.1) is 10.2 Å². The van der Waals surface area contributed by atoms with Crippen molar-refractivity contribution in [1.82, 2.24) is 14.9 Å². The molecule has 0 aliphatic heterocycles. The van der Waals surface area contributed by atoms with Gasteiger partial charge < -0.3 is 15.9 Å². The molecule has 130 valence electrons. The van der Waals surface area contributed by atoms with Crippen LogP contribution in [-0.2, 0) is 14.8 Å². The number of carbonyl (C=O) groups excluding carboxylic acids is 1. The van der Waals surface area contributed by atoms with Crippen molar-refractivity contribution >= 4 is 33.4 Å². The summed E-state index contributed by atoms with van der Waals surface area (Å²) < 4.78 is 29.3. The van der Waals surface area contributed by atoms with Crippen molar-refractivity contribution in [2.75, 3.05) is 24.0 Å². The van der Waals surface area contributed by atoms with Gasteiger partial charge in [0.05, 0.1) is 12.9 Å². The Balaban J connectivity index is 2.08. The number of sulfonamides is 1. The van der Waals surface area contributed by atoms with Crippen molar-refractivity contribution in [3.63, 3.8) is 0 Å². The quantitative estimate of drug-likeness (QED) is 0.460. The average molecular weight is 372 g/mol. The van der Waals surface area contributed by atoms with Crippen LogP contribution in [0, 0.1) is 6.92 Å². The molecular weight excluding hydrogens is 356 g/mol. The topological polar surface area (TPSA) is 155 Å². The lowest BCUT2D eigenvalue weighted by molar-refractivity contribution is -0.113. The molecule has 0 unspecified atom stereocenters. The summed E-state index contributed by atoms with van der Waals surface area (Å²) in [5.41, 5.74) is 0.274. The largest absolute Gasteiger partial charge is 0.495 e. The Morgan fingerprint density at radius 1 is 1.42 bits per heavy atom. The van der Waals surface area contributed by atoms with Crippen LogP contribution in [-0.4, -0.2) is 42.1 Å². The molecule has 0 aliphatic rings. The van der Waals surface area contributed by atoms with E-state index in [2.05, 4.69) is 15.5 Å². The van der Waals surface area contributed by atoms with E-state index in [1.54, 1.807) is 6.92 Å². The van der Waals surface area contributed by atoms with Crippen LogP contribution >= 0.6 is 11.8 Å². The van der Waals surface area contributed by atoms with Crippen LogP contribution in [0.3, 0.4) is 0 Å². The molecule has 0 aliphatic carbocycles.